The van der Waals surface area contributed by atoms with Crippen LogP contribution < -0.4 is 15.8 Å². The molecule has 0 aliphatic carbocycles. The number of aryl methyl sites for hydroxylation is 1. The van der Waals surface area contributed by atoms with Crippen LogP contribution in [0, 0.1) is 13.8 Å². The van der Waals surface area contributed by atoms with Gasteiger partial charge in [-0.2, -0.15) is 4.72 Å². The number of nitrogens with one attached hydrogen (secondary N) is 2. The molecular weight excluding hydrogens is 266 g/mol. The number of amides is 1. The van der Waals surface area contributed by atoms with Gasteiger partial charge in [0.2, 0.25) is 15.9 Å². The first-order valence-electron chi connectivity index (χ1n) is 5.80. The Balaban J connectivity index is 3.22. The number of carbonyl (C=O) groups excluding carboxylic acids is 1. The number of rotatable bonds is 4. The van der Waals surface area contributed by atoms with Gasteiger partial charge in [0.25, 0.3) is 0 Å². The van der Waals surface area contributed by atoms with Gasteiger partial charge in [-0.15, -0.1) is 0 Å². The number of nitrogens with two attached hydrogens (primary N) is 1. The van der Waals surface area contributed by atoms with Crippen LogP contribution in [0.4, 0.5) is 5.69 Å². The predicted octanol–water partition coefficient (Wildman–Crippen LogP) is 0.298. The van der Waals surface area contributed by atoms with Crippen LogP contribution in [-0.2, 0) is 14.8 Å². The van der Waals surface area contributed by atoms with Crippen molar-refractivity contribution in [3.05, 3.63) is 23.3 Å². The van der Waals surface area contributed by atoms with E-state index < -0.39 is 22.0 Å². The lowest BCUT2D eigenvalue weighted by Crippen LogP contribution is -2.43. The molecule has 1 rings (SSSR count). The highest BCUT2D eigenvalue weighted by molar-refractivity contribution is 7.89. The first-order chi connectivity index (χ1) is 8.70. The highest BCUT2D eigenvalue weighted by atomic mass is 32.2. The highest BCUT2D eigenvalue weighted by Crippen LogP contribution is 2.25. The fourth-order valence-corrected chi connectivity index (χ4v) is 3.36. The van der Waals surface area contributed by atoms with E-state index in [1.165, 1.54) is 14.0 Å². The zero-order valence-corrected chi connectivity index (χ0v) is 12.3. The van der Waals surface area contributed by atoms with Crippen LogP contribution in [0.5, 0.6) is 0 Å². The van der Waals surface area contributed by atoms with Crippen molar-refractivity contribution < 1.29 is 13.2 Å². The van der Waals surface area contributed by atoms with Crippen molar-refractivity contribution in [2.24, 2.45) is 0 Å². The van der Waals surface area contributed by atoms with Gasteiger partial charge in [-0.05, 0) is 38.0 Å². The number of sulfonamides is 1. The molecule has 19 heavy (non-hydrogen) atoms. The smallest absolute Gasteiger partial charge is 0.243 e. The van der Waals surface area contributed by atoms with E-state index >= 15 is 0 Å². The van der Waals surface area contributed by atoms with E-state index in [1.54, 1.807) is 26.0 Å². The number of anilines is 1. The van der Waals surface area contributed by atoms with Gasteiger partial charge in [0.1, 0.15) is 4.90 Å². The summed E-state index contributed by atoms with van der Waals surface area (Å²) in [5.41, 5.74) is 7.31. The van der Waals surface area contributed by atoms with Gasteiger partial charge in [0.15, 0.2) is 0 Å². The molecule has 0 bridgehead atoms. The molecule has 0 radical (unpaired) electrons. The molecule has 106 valence electrons. The van der Waals surface area contributed by atoms with E-state index in [2.05, 4.69) is 10.0 Å². The zero-order valence-electron chi connectivity index (χ0n) is 11.4. The molecule has 0 fully saturated rings. The van der Waals surface area contributed by atoms with Crippen LogP contribution in [0.1, 0.15) is 18.1 Å². The van der Waals surface area contributed by atoms with Crippen molar-refractivity contribution in [1.82, 2.24) is 10.0 Å². The molecule has 1 amide bonds. The van der Waals surface area contributed by atoms with E-state index in [0.717, 1.165) is 5.56 Å². The molecule has 0 heterocycles. The van der Waals surface area contributed by atoms with Crippen molar-refractivity contribution in [1.29, 1.82) is 0 Å². The third kappa shape index (κ3) is 3.24. The lowest BCUT2D eigenvalue weighted by molar-refractivity contribution is -0.121. The summed E-state index contributed by atoms with van der Waals surface area (Å²) >= 11 is 0. The molecule has 0 aliphatic rings. The normalized spacial score (nSPS) is 13.1. The second kappa shape index (κ2) is 5.58. The van der Waals surface area contributed by atoms with Gasteiger partial charge in [0, 0.05) is 7.05 Å². The predicted molar refractivity (Wildman–Crippen MR) is 74.2 cm³/mol. The van der Waals surface area contributed by atoms with Crippen LogP contribution in [0.25, 0.3) is 0 Å². The Hall–Kier alpha value is -1.60. The summed E-state index contributed by atoms with van der Waals surface area (Å²) in [7, 11) is -2.39. The van der Waals surface area contributed by atoms with Gasteiger partial charge in [-0.25, -0.2) is 8.42 Å². The minimum Gasteiger partial charge on any atom is -0.398 e. The quantitative estimate of drug-likeness (QED) is 0.692. The van der Waals surface area contributed by atoms with E-state index in [4.69, 9.17) is 5.73 Å². The Kier molecular flexibility index (Phi) is 4.54. The third-order valence-corrected chi connectivity index (χ3v) is 4.69. The van der Waals surface area contributed by atoms with Crippen molar-refractivity contribution >= 4 is 21.6 Å². The van der Waals surface area contributed by atoms with Gasteiger partial charge in [-0.3, -0.25) is 4.79 Å². The first kappa shape index (κ1) is 15.5. The van der Waals surface area contributed by atoms with E-state index in [0.29, 0.717) is 5.56 Å². The lowest BCUT2D eigenvalue weighted by atomic mass is 10.1. The number of carbonyl (C=O) groups is 1. The van der Waals surface area contributed by atoms with E-state index in [9.17, 15) is 13.2 Å². The lowest BCUT2D eigenvalue weighted by Gasteiger charge is -2.16. The van der Waals surface area contributed by atoms with Crippen LogP contribution in [0.3, 0.4) is 0 Å². The second-order valence-electron chi connectivity index (χ2n) is 4.38. The van der Waals surface area contributed by atoms with Crippen molar-refractivity contribution in [3.8, 4) is 0 Å². The van der Waals surface area contributed by atoms with Crippen LogP contribution in [0.2, 0.25) is 0 Å². The number of hydrogen-bond acceptors (Lipinski definition) is 4. The van der Waals surface area contributed by atoms with Crippen LogP contribution >= 0.6 is 0 Å². The molecule has 0 saturated heterocycles. The summed E-state index contributed by atoms with van der Waals surface area (Å²) in [4.78, 5) is 11.4. The van der Waals surface area contributed by atoms with Crippen molar-refractivity contribution in [2.45, 2.75) is 31.7 Å². The Morgan fingerprint density at radius 3 is 2.42 bits per heavy atom. The fourth-order valence-electron chi connectivity index (χ4n) is 1.73. The van der Waals surface area contributed by atoms with Gasteiger partial charge < -0.3 is 11.1 Å². The average molecular weight is 285 g/mol. The van der Waals surface area contributed by atoms with E-state index in [1.807, 2.05) is 0 Å². The molecule has 1 unspecified atom stereocenters. The first-order valence-corrected chi connectivity index (χ1v) is 7.28. The molecule has 4 N–H and O–H groups in total. The molecule has 0 aromatic heterocycles. The SMILES string of the molecule is CNC(=O)C(C)NS(=O)(=O)c1c(N)ccc(C)c1C. The summed E-state index contributed by atoms with van der Waals surface area (Å²) < 4.78 is 26.9. The molecule has 6 nitrogen and oxygen atoms in total. The summed E-state index contributed by atoms with van der Waals surface area (Å²) in [6.45, 7) is 4.96. The van der Waals surface area contributed by atoms with Gasteiger partial charge >= 0.3 is 0 Å². The molecule has 7 heteroatoms. The fraction of sp³-hybridized carbons (Fsp3) is 0.417. The maximum Gasteiger partial charge on any atom is 0.243 e. The standard InChI is InChI=1S/C12H19N3O3S/c1-7-5-6-10(13)11(8(7)2)19(17,18)15-9(3)12(16)14-4/h5-6,9,15H,13H2,1-4H3,(H,14,16). The van der Waals surface area contributed by atoms with Crippen molar-refractivity contribution in [3.63, 3.8) is 0 Å². The monoisotopic (exact) mass is 285 g/mol. The molecule has 1 aromatic rings. The van der Waals surface area contributed by atoms with Crippen molar-refractivity contribution in [2.75, 3.05) is 12.8 Å². The minimum atomic E-state index is -3.83. The Morgan fingerprint density at radius 2 is 1.89 bits per heavy atom. The van der Waals surface area contributed by atoms with Crippen LogP contribution in [-0.4, -0.2) is 27.4 Å². The topological polar surface area (TPSA) is 101 Å². The molecule has 0 spiro atoms. The third-order valence-electron chi connectivity index (χ3n) is 2.95. The Morgan fingerprint density at radius 1 is 1.32 bits per heavy atom. The van der Waals surface area contributed by atoms with Crippen LogP contribution in [0.15, 0.2) is 17.0 Å². The molecule has 0 aliphatic heterocycles. The maximum atomic E-state index is 12.3. The molecular formula is C12H19N3O3S. The number of nitrogen functional groups attached to an aromatic ring is 1. The summed E-state index contributed by atoms with van der Waals surface area (Å²) in [5, 5.41) is 2.38. The molecule has 1 aromatic carbocycles. The molecule has 0 saturated carbocycles. The van der Waals surface area contributed by atoms with E-state index in [-0.39, 0.29) is 10.6 Å². The summed E-state index contributed by atoms with van der Waals surface area (Å²) in [6.07, 6.45) is 0. The second-order valence-corrected chi connectivity index (χ2v) is 6.03. The summed E-state index contributed by atoms with van der Waals surface area (Å²) in [5.74, 6) is -0.410. The molecule has 1 atom stereocenters. The van der Waals surface area contributed by atoms with Gasteiger partial charge in [0.05, 0.1) is 11.7 Å². The number of benzene rings is 1. The Bertz CT molecular complexity index is 596. The minimum absolute atomic E-state index is 0.0308. The summed E-state index contributed by atoms with van der Waals surface area (Å²) in [6, 6.07) is 2.43. The zero-order chi connectivity index (χ0) is 14.8. The number of likely N-dealkylation sites (N-methyl/N-ethyl adjacent to an activating group) is 1. The van der Waals surface area contributed by atoms with Gasteiger partial charge in [-0.1, -0.05) is 6.07 Å². The Labute approximate surface area is 113 Å². The highest BCUT2D eigenvalue weighted by Gasteiger charge is 2.25. The largest absolute Gasteiger partial charge is 0.398 e. The number of hydrogen-bond donors (Lipinski definition) is 3. The average Bonchev–Trinajstić information content (AvgIpc) is 2.32. The maximum absolute atomic E-state index is 12.3.